The second-order valence-electron chi connectivity index (χ2n) is 8.05. The van der Waals surface area contributed by atoms with Gasteiger partial charge in [0.15, 0.2) is 0 Å². The van der Waals surface area contributed by atoms with Crippen LogP contribution in [0.2, 0.25) is 0 Å². The fraction of sp³-hybridized carbons (Fsp3) is 0.583. The average Bonchev–Trinajstić information content (AvgIpc) is 2.86. The van der Waals surface area contributed by atoms with Crippen molar-refractivity contribution in [3.05, 3.63) is 36.7 Å². The van der Waals surface area contributed by atoms with E-state index in [1.54, 1.807) is 12.4 Å². The Morgan fingerprint density at radius 3 is 1.67 bits per heavy atom. The van der Waals surface area contributed by atoms with E-state index >= 15 is 0 Å². The molecule has 0 spiro atoms. The third kappa shape index (κ3) is 7.26. The Balaban J connectivity index is 1.32. The van der Waals surface area contributed by atoms with Crippen LogP contribution in [0.3, 0.4) is 0 Å². The molecule has 4 heterocycles. The van der Waals surface area contributed by atoms with Crippen LogP contribution in [0.1, 0.15) is 6.92 Å². The third-order valence-electron chi connectivity index (χ3n) is 5.90. The Morgan fingerprint density at radius 2 is 1.24 bits per heavy atom. The highest BCUT2D eigenvalue weighted by atomic mass is 16.5. The van der Waals surface area contributed by atoms with Crippen LogP contribution >= 0.6 is 0 Å². The van der Waals surface area contributed by atoms with E-state index in [4.69, 9.17) is 18.9 Å². The minimum absolute atomic E-state index is 0.610. The first-order valence-electron chi connectivity index (χ1n) is 11.9. The van der Waals surface area contributed by atoms with Gasteiger partial charge in [0.25, 0.3) is 0 Å². The molecule has 0 aromatic carbocycles. The number of rotatable bonds is 11. The van der Waals surface area contributed by atoms with Crippen molar-refractivity contribution in [2.75, 3.05) is 90.4 Å². The third-order valence-corrected chi connectivity index (χ3v) is 5.90. The molecular formula is C24H35N5O4. The lowest BCUT2D eigenvalue weighted by molar-refractivity contribution is 0.0319. The molecule has 33 heavy (non-hydrogen) atoms. The van der Waals surface area contributed by atoms with Crippen LogP contribution in [-0.2, 0) is 9.47 Å². The van der Waals surface area contributed by atoms with Crippen molar-refractivity contribution in [2.24, 2.45) is 0 Å². The molecule has 2 saturated heterocycles. The minimum atomic E-state index is 0.610. The van der Waals surface area contributed by atoms with Crippen molar-refractivity contribution in [2.45, 2.75) is 6.92 Å². The molecule has 0 saturated carbocycles. The number of pyridine rings is 2. The molecule has 9 nitrogen and oxygen atoms in total. The molecule has 2 fully saturated rings. The lowest BCUT2D eigenvalue weighted by Crippen LogP contribution is -2.38. The second kappa shape index (κ2) is 12.7. The maximum Gasteiger partial charge on any atom is 0.215 e. The van der Waals surface area contributed by atoms with E-state index in [2.05, 4.69) is 31.6 Å². The second-order valence-corrected chi connectivity index (χ2v) is 8.05. The van der Waals surface area contributed by atoms with Crippen LogP contribution in [0, 0.1) is 0 Å². The van der Waals surface area contributed by atoms with Gasteiger partial charge in [-0.2, -0.15) is 0 Å². The summed E-state index contributed by atoms with van der Waals surface area (Å²) in [6, 6.07) is 7.97. The molecule has 0 aliphatic carbocycles. The summed E-state index contributed by atoms with van der Waals surface area (Å²) in [4.78, 5) is 15.7. The summed E-state index contributed by atoms with van der Waals surface area (Å²) < 4.78 is 22.7. The fourth-order valence-corrected chi connectivity index (χ4v) is 4.01. The first-order chi connectivity index (χ1) is 16.3. The molecule has 0 unspecified atom stereocenters. The van der Waals surface area contributed by atoms with Gasteiger partial charge in [0.2, 0.25) is 11.8 Å². The van der Waals surface area contributed by atoms with E-state index in [-0.39, 0.29) is 0 Å². The van der Waals surface area contributed by atoms with Gasteiger partial charge in [-0.15, -0.1) is 0 Å². The number of morpholine rings is 2. The van der Waals surface area contributed by atoms with Crippen LogP contribution in [0.25, 0.3) is 0 Å². The van der Waals surface area contributed by atoms with Crippen molar-refractivity contribution in [3.8, 4) is 11.8 Å². The summed E-state index contributed by atoms with van der Waals surface area (Å²) in [6.45, 7) is 12.9. The molecule has 2 aromatic rings. The molecule has 0 N–H and O–H groups in total. The summed E-state index contributed by atoms with van der Waals surface area (Å²) in [5.74, 6) is 1.27. The maximum absolute atomic E-state index is 5.94. The average molecular weight is 458 g/mol. The van der Waals surface area contributed by atoms with E-state index in [1.165, 1.54) is 0 Å². The van der Waals surface area contributed by atoms with Crippen LogP contribution in [-0.4, -0.2) is 105 Å². The van der Waals surface area contributed by atoms with Gasteiger partial charge in [-0.3, -0.25) is 9.80 Å². The Bertz CT molecular complexity index is 776. The first kappa shape index (κ1) is 23.7. The molecule has 2 aliphatic rings. The molecule has 180 valence electrons. The number of nitrogens with zero attached hydrogens (tertiary/aromatic N) is 5. The quantitative estimate of drug-likeness (QED) is 0.504. The molecular weight excluding hydrogens is 422 g/mol. The van der Waals surface area contributed by atoms with Gasteiger partial charge in [0, 0.05) is 81.7 Å². The zero-order valence-corrected chi connectivity index (χ0v) is 19.5. The van der Waals surface area contributed by atoms with Crippen LogP contribution in [0.5, 0.6) is 11.8 Å². The van der Waals surface area contributed by atoms with Gasteiger partial charge in [0.1, 0.15) is 13.2 Å². The minimum Gasteiger partial charge on any atom is -0.476 e. The van der Waals surface area contributed by atoms with E-state index in [1.807, 2.05) is 24.3 Å². The zero-order valence-electron chi connectivity index (χ0n) is 19.5. The molecule has 9 heteroatoms. The molecule has 2 aromatic heterocycles. The number of hydrogen-bond donors (Lipinski definition) is 0. The summed E-state index contributed by atoms with van der Waals surface area (Å²) in [5.41, 5.74) is 2.05. The van der Waals surface area contributed by atoms with Crippen molar-refractivity contribution in [3.63, 3.8) is 0 Å². The first-order valence-corrected chi connectivity index (χ1v) is 11.9. The summed E-state index contributed by atoms with van der Waals surface area (Å²) in [5, 5.41) is 0. The number of hydrogen-bond acceptors (Lipinski definition) is 9. The largest absolute Gasteiger partial charge is 0.476 e. The van der Waals surface area contributed by atoms with Crippen LogP contribution in [0.4, 0.5) is 11.4 Å². The lowest BCUT2D eigenvalue weighted by Gasteiger charge is -2.27. The van der Waals surface area contributed by atoms with Crippen molar-refractivity contribution < 1.29 is 18.9 Å². The Kier molecular flexibility index (Phi) is 9.11. The number of anilines is 2. The summed E-state index contributed by atoms with van der Waals surface area (Å²) in [7, 11) is 0. The van der Waals surface area contributed by atoms with Gasteiger partial charge >= 0.3 is 0 Å². The van der Waals surface area contributed by atoms with Gasteiger partial charge in [0.05, 0.1) is 26.4 Å². The summed E-state index contributed by atoms with van der Waals surface area (Å²) in [6.07, 6.45) is 3.59. The van der Waals surface area contributed by atoms with Gasteiger partial charge in [-0.05, 0) is 19.1 Å². The predicted molar refractivity (Wildman–Crippen MR) is 127 cm³/mol. The van der Waals surface area contributed by atoms with Crippen LogP contribution < -0.4 is 14.4 Å². The molecule has 4 rings (SSSR count). The van der Waals surface area contributed by atoms with Crippen LogP contribution in [0.15, 0.2) is 36.7 Å². The van der Waals surface area contributed by atoms with Gasteiger partial charge < -0.3 is 23.8 Å². The highest BCUT2D eigenvalue weighted by Gasteiger charge is 2.13. The van der Waals surface area contributed by atoms with Gasteiger partial charge in [-0.25, -0.2) is 9.97 Å². The number of ether oxygens (including phenoxy) is 4. The number of aromatic nitrogens is 2. The maximum atomic E-state index is 5.94. The standard InChI is InChI=1S/C24H35N5O4/c1-2-29(21-3-5-25-23(19-21)32-17-11-27-7-13-30-14-8-27)22-4-6-26-24(20-22)33-18-12-28-9-15-31-16-10-28/h3-6,19-20H,2,7-18H2,1H3. The molecule has 0 amide bonds. The topological polar surface area (TPSA) is 72.4 Å². The zero-order chi connectivity index (χ0) is 22.7. The van der Waals surface area contributed by atoms with Gasteiger partial charge in [-0.1, -0.05) is 0 Å². The Hall–Kier alpha value is -2.46. The highest BCUT2D eigenvalue weighted by Crippen LogP contribution is 2.28. The molecule has 0 radical (unpaired) electrons. The van der Waals surface area contributed by atoms with E-state index < -0.39 is 0 Å². The smallest absolute Gasteiger partial charge is 0.215 e. The normalized spacial score (nSPS) is 17.6. The lowest BCUT2D eigenvalue weighted by atomic mass is 10.3. The van der Waals surface area contributed by atoms with Crippen molar-refractivity contribution >= 4 is 11.4 Å². The monoisotopic (exact) mass is 457 g/mol. The predicted octanol–water partition coefficient (Wildman–Crippen LogP) is 2.06. The molecule has 0 bridgehead atoms. The van der Waals surface area contributed by atoms with E-state index in [0.717, 1.165) is 83.6 Å². The van der Waals surface area contributed by atoms with Crippen molar-refractivity contribution in [1.82, 2.24) is 19.8 Å². The molecule has 0 atom stereocenters. The summed E-state index contributed by atoms with van der Waals surface area (Å²) >= 11 is 0. The Morgan fingerprint density at radius 1 is 0.788 bits per heavy atom. The van der Waals surface area contributed by atoms with E-state index in [0.29, 0.717) is 25.0 Å². The van der Waals surface area contributed by atoms with Crippen molar-refractivity contribution in [1.29, 1.82) is 0 Å². The fourth-order valence-electron chi connectivity index (χ4n) is 4.01. The highest BCUT2D eigenvalue weighted by molar-refractivity contribution is 5.64. The van der Waals surface area contributed by atoms with E-state index in [9.17, 15) is 0 Å². The Labute approximate surface area is 196 Å². The SMILES string of the molecule is CCN(c1ccnc(OCCN2CCOCC2)c1)c1ccnc(OCCN2CCOCC2)c1. The molecule has 2 aliphatic heterocycles.